The molecule has 5 heteroatoms. The monoisotopic (exact) mass is 865 g/mol. The number of hydrogen-bond donors (Lipinski definition) is 0. The van der Waals surface area contributed by atoms with Crippen molar-refractivity contribution in [3.8, 4) is 90.1 Å². The lowest BCUT2D eigenvalue weighted by atomic mass is 9.70. The molecular weight excluding hydrogens is 827 g/mol. The van der Waals surface area contributed by atoms with Crippen LogP contribution in [0.2, 0.25) is 0 Å². The van der Waals surface area contributed by atoms with Crippen LogP contribution in [0, 0.1) is 0 Å². The maximum Gasteiger partial charge on any atom is 0.164 e. The Morgan fingerprint density at radius 1 is 0.324 bits per heavy atom. The van der Waals surface area contributed by atoms with Gasteiger partial charge in [0.25, 0.3) is 0 Å². The molecule has 14 rings (SSSR count). The Kier molecular flexibility index (Phi) is 8.43. The first-order valence-electron chi connectivity index (χ1n) is 23.1. The van der Waals surface area contributed by atoms with Crippen molar-refractivity contribution in [2.45, 2.75) is 5.41 Å². The van der Waals surface area contributed by atoms with E-state index >= 15 is 0 Å². The number of aromatic nitrogens is 5. The molecule has 0 radical (unpaired) electrons. The lowest BCUT2D eigenvalue weighted by Gasteiger charge is -2.30. The molecule has 68 heavy (non-hydrogen) atoms. The number of nitrogens with zero attached hydrogens (tertiary/aromatic N) is 5. The number of fused-ring (bicyclic) bond motifs is 13. The van der Waals surface area contributed by atoms with Crippen LogP contribution < -0.4 is 0 Å². The second-order valence-electron chi connectivity index (χ2n) is 17.7. The largest absolute Gasteiger partial charge is 0.231 e. The maximum atomic E-state index is 5.47. The van der Waals surface area contributed by atoms with Crippen LogP contribution in [0.1, 0.15) is 22.3 Å². The van der Waals surface area contributed by atoms with Crippen molar-refractivity contribution in [2.24, 2.45) is 0 Å². The van der Waals surface area contributed by atoms with Crippen molar-refractivity contribution in [1.29, 1.82) is 0 Å². The Morgan fingerprint density at radius 3 is 1.43 bits per heavy atom. The van der Waals surface area contributed by atoms with Crippen molar-refractivity contribution >= 4 is 16.3 Å². The average molecular weight is 866 g/mol. The molecule has 0 fully saturated rings. The maximum absolute atomic E-state index is 5.47. The summed E-state index contributed by atoms with van der Waals surface area (Å²) in [6.07, 6.45) is 0. The van der Waals surface area contributed by atoms with E-state index in [2.05, 4.69) is 223 Å². The fourth-order valence-corrected chi connectivity index (χ4v) is 11.2. The molecule has 12 aromatic rings. The summed E-state index contributed by atoms with van der Waals surface area (Å²) >= 11 is 0. The van der Waals surface area contributed by atoms with Crippen LogP contribution in [-0.2, 0) is 5.41 Å². The minimum absolute atomic E-state index is 0.486. The molecule has 316 valence electrons. The van der Waals surface area contributed by atoms with Gasteiger partial charge in [-0.25, -0.2) is 19.5 Å². The molecule has 9 aromatic carbocycles. The van der Waals surface area contributed by atoms with Gasteiger partial charge in [-0.05, 0) is 73.7 Å². The van der Waals surface area contributed by atoms with Crippen LogP contribution in [0.4, 0.5) is 0 Å². The fraction of sp³-hybridized carbons (Fsp3) is 0.0159. The Morgan fingerprint density at radius 2 is 0.794 bits per heavy atom. The SMILES string of the molecule is c1ccc(-c2nc(-c3cccc(-c4cc5ccccc5c5c(-c6ccccc6)c(-c6ccccc6)nn45)c3)nc(-c3ccc4c(c3)C3(c5ccccc5-c5ccccc53)c3ccccc3-4)n2)cc1. The van der Waals surface area contributed by atoms with Gasteiger partial charge in [-0.2, -0.15) is 5.10 Å². The molecule has 0 unspecified atom stereocenters. The zero-order valence-electron chi connectivity index (χ0n) is 36.8. The van der Waals surface area contributed by atoms with Crippen LogP contribution in [0.3, 0.4) is 0 Å². The zero-order chi connectivity index (χ0) is 44.8. The van der Waals surface area contributed by atoms with Gasteiger partial charge < -0.3 is 0 Å². The van der Waals surface area contributed by atoms with E-state index in [9.17, 15) is 0 Å². The van der Waals surface area contributed by atoms with Gasteiger partial charge >= 0.3 is 0 Å². The third-order valence-electron chi connectivity index (χ3n) is 14.1. The first kappa shape index (κ1) is 38.2. The molecule has 1 spiro atoms. The Labute approximate surface area is 393 Å². The first-order valence-corrected chi connectivity index (χ1v) is 23.1. The van der Waals surface area contributed by atoms with Gasteiger partial charge in [0.2, 0.25) is 0 Å². The minimum atomic E-state index is -0.486. The predicted octanol–water partition coefficient (Wildman–Crippen LogP) is 15.0. The normalized spacial score (nSPS) is 12.8. The standard InChI is InChI=1S/C63H39N5/c1-4-19-40(20-5-1)57-58(41-21-6-2-7-22-41)67-68-56(39-43-25-10-11-28-47(43)59(57)68)44-26-18-27-45(37-44)61-64-60(42-23-8-3-9-24-42)65-62(66-61)46-35-36-51-50-31-14-17-34-54(50)63(55(51)38-46)52-32-15-12-29-48(52)49-30-13-16-33-53(49)63/h1-39H. The molecule has 2 aliphatic carbocycles. The van der Waals surface area contributed by atoms with Crippen molar-refractivity contribution in [2.75, 3.05) is 0 Å². The van der Waals surface area contributed by atoms with Gasteiger partial charge in [-0.3, -0.25) is 0 Å². The predicted molar refractivity (Wildman–Crippen MR) is 275 cm³/mol. The highest BCUT2D eigenvalue weighted by atomic mass is 15.2. The molecule has 0 N–H and O–H groups in total. The van der Waals surface area contributed by atoms with Crippen LogP contribution in [0.15, 0.2) is 237 Å². The van der Waals surface area contributed by atoms with E-state index < -0.39 is 5.41 Å². The van der Waals surface area contributed by atoms with Crippen molar-refractivity contribution < 1.29 is 0 Å². The number of hydrogen-bond acceptors (Lipinski definition) is 4. The molecule has 0 saturated carbocycles. The van der Waals surface area contributed by atoms with Gasteiger partial charge in [0.1, 0.15) is 5.69 Å². The molecule has 0 bridgehead atoms. The second kappa shape index (κ2) is 15.0. The quantitative estimate of drug-likeness (QED) is 0.167. The first-order chi connectivity index (χ1) is 33.7. The van der Waals surface area contributed by atoms with E-state index in [-0.39, 0.29) is 0 Å². The van der Waals surface area contributed by atoms with Gasteiger partial charge in [0.15, 0.2) is 17.5 Å². The van der Waals surface area contributed by atoms with E-state index in [0.29, 0.717) is 17.5 Å². The molecule has 0 amide bonds. The van der Waals surface area contributed by atoms with E-state index in [1.807, 2.05) is 18.2 Å². The Balaban J connectivity index is 0.971. The third kappa shape index (κ3) is 5.63. The van der Waals surface area contributed by atoms with Crippen LogP contribution in [0.25, 0.3) is 106 Å². The molecule has 0 atom stereocenters. The van der Waals surface area contributed by atoms with E-state index in [1.54, 1.807) is 0 Å². The van der Waals surface area contributed by atoms with Crippen molar-refractivity contribution in [1.82, 2.24) is 24.6 Å². The lowest BCUT2D eigenvalue weighted by molar-refractivity contribution is 0.794. The molecule has 2 aliphatic rings. The summed E-state index contributed by atoms with van der Waals surface area (Å²) in [5.74, 6) is 1.83. The van der Waals surface area contributed by atoms with Gasteiger partial charge in [0, 0.05) is 38.8 Å². The summed E-state index contributed by atoms with van der Waals surface area (Å²) in [6.45, 7) is 0. The summed E-state index contributed by atoms with van der Waals surface area (Å²) in [7, 11) is 0. The molecule has 0 saturated heterocycles. The van der Waals surface area contributed by atoms with Crippen molar-refractivity contribution in [3.05, 3.63) is 259 Å². The highest BCUT2D eigenvalue weighted by Gasteiger charge is 2.51. The van der Waals surface area contributed by atoms with Gasteiger partial charge in [-0.1, -0.05) is 218 Å². The number of pyridine rings is 1. The fourth-order valence-electron chi connectivity index (χ4n) is 11.2. The van der Waals surface area contributed by atoms with Crippen LogP contribution >= 0.6 is 0 Å². The van der Waals surface area contributed by atoms with Crippen LogP contribution in [0.5, 0.6) is 0 Å². The topological polar surface area (TPSA) is 56.0 Å². The lowest BCUT2D eigenvalue weighted by Crippen LogP contribution is -2.25. The Hall–Kier alpha value is -9.06. The summed E-state index contributed by atoms with van der Waals surface area (Å²) < 4.78 is 2.14. The van der Waals surface area contributed by atoms with Crippen LogP contribution in [-0.4, -0.2) is 24.6 Å². The highest BCUT2D eigenvalue weighted by Crippen LogP contribution is 2.63. The Bertz CT molecular complexity index is 3910. The van der Waals surface area contributed by atoms with E-state index in [0.717, 1.165) is 66.6 Å². The molecular formula is C63H39N5. The summed E-state index contributed by atoms with van der Waals surface area (Å²) in [4.78, 5) is 15.9. The summed E-state index contributed by atoms with van der Waals surface area (Å²) in [5.41, 5.74) is 19.7. The highest BCUT2D eigenvalue weighted by molar-refractivity contribution is 6.08. The van der Waals surface area contributed by atoms with Gasteiger partial charge in [0.05, 0.1) is 16.6 Å². The minimum Gasteiger partial charge on any atom is -0.231 e. The smallest absolute Gasteiger partial charge is 0.164 e. The zero-order valence-corrected chi connectivity index (χ0v) is 36.8. The van der Waals surface area contributed by atoms with Crippen molar-refractivity contribution in [3.63, 3.8) is 0 Å². The summed E-state index contributed by atoms with van der Waals surface area (Å²) in [6, 6.07) is 84.3. The molecule has 3 aromatic heterocycles. The second-order valence-corrected chi connectivity index (χ2v) is 17.7. The van der Waals surface area contributed by atoms with E-state index in [4.69, 9.17) is 20.1 Å². The number of rotatable bonds is 6. The van der Waals surface area contributed by atoms with Gasteiger partial charge in [-0.15, -0.1) is 0 Å². The molecule has 5 nitrogen and oxygen atoms in total. The molecule has 0 aliphatic heterocycles. The molecule has 3 heterocycles. The van der Waals surface area contributed by atoms with E-state index in [1.165, 1.54) is 44.5 Å². The average Bonchev–Trinajstić information content (AvgIpc) is 4.07. The third-order valence-corrected chi connectivity index (χ3v) is 14.1. The summed E-state index contributed by atoms with van der Waals surface area (Å²) in [5, 5.41) is 7.75. The number of benzene rings is 9.